The summed E-state index contributed by atoms with van der Waals surface area (Å²) >= 11 is 0. The molecule has 0 bridgehead atoms. The summed E-state index contributed by atoms with van der Waals surface area (Å²) < 4.78 is 5.01. The van der Waals surface area contributed by atoms with Gasteiger partial charge in [-0.1, -0.05) is 57.3 Å². The molecule has 234 valence electrons. The summed E-state index contributed by atoms with van der Waals surface area (Å²) in [5.74, 6) is -1.13. The number of likely N-dealkylation sites (N-methyl/N-ethyl adjacent to an activating group) is 1. The Bertz CT molecular complexity index is 1250. The Labute approximate surface area is 254 Å². The van der Waals surface area contributed by atoms with E-state index in [0.717, 1.165) is 50.8 Å². The lowest BCUT2D eigenvalue weighted by atomic mass is 9.83. The average Bonchev–Trinajstić information content (AvgIpc) is 3.52. The number of anilines is 1. The van der Waals surface area contributed by atoms with E-state index in [9.17, 15) is 19.2 Å². The molecule has 1 saturated carbocycles. The van der Waals surface area contributed by atoms with Crippen LogP contribution in [0.3, 0.4) is 0 Å². The molecular weight excluding hydrogens is 548 g/mol. The molecule has 4 amide bonds. The quantitative estimate of drug-likeness (QED) is 0.363. The molecule has 11 heteroatoms. The lowest BCUT2D eigenvalue weighted by Gasteiger charge is -2.36. The van der Waals surface area contributed by atoms with Gasteiger partial charge in [-0.05, 0) is 49.9 Å². The van der Waals surface area contributed by atoms with Gasteiger partial charge in [0.25, 0.3) is 5.91 Å². The van der Waals surface area contributed by atoms with Crippen LogP contribution in [-0.2, 0) is 20.8 Å². The van der Waals surface area contributed by atoms with Crippen molar-refractivity contribution in [2.75, 3.05) is 38.5 Å². The molecule has 3 atom stereocenters. The first kappa shape index (κ1) is 32.2. The molecule has 43 heavy (non-hydrogen) atoms. The highest BCUT2D eigenvalue weighted by molar-refractivity contribution is 6.01. The predicted octanol–water partition coefficient (Wildman–Crippen LogP) is 3.33. The second-order valence-electron chi connectivity index (χ2n) is 11.8. The first-order chi connectivity index (χ1) is 20.7. The van der Waals surface area contributed by atoms with Gasteiger partial charge in [-0.2, -0.15) is 0 Å². The van der Waals surface area contributed by atoms with Gasteiger partial charge in [-0.3, -0.25) is 19.2 Å². The maximum absolute atomic E-state index is 13.6. The lowest BCUT2D eigenvalue weighted by Crippen LogP contribution is -2.55. The summed E-state index contributed by atoms with van der Waals surface area (Å²) in [7, 11) is 2.03. The first-order valence-corrected chi connectivity index (χ1v) is 15.6. The number of nitrogens with one attached hydrogen (secondary N) is 3. The van der Waals surface area contributed by atoms with Gasteiger partial charge in [0.1, 0.15) is 23.9 Å². The Hall–Kier alpha value is -3.73. The molecule has 0 unspecified atom stereocenters. The van der Waals surface area contributed by atoms with Crippen LogP contribution in [-0.4, -0.2) is 83.9 Å². The lowest BCUT2D eigenvalue weighted by molar-refractivity contribution is -0.138. The Balaban J connectivity index is 1.46. The van der Waals surface area contributed by atoms with Crippen molar-refractivity contribution >= 4 is 29.3 Å². The monoisotopic (exact) mass is 594 g/mol. The second-order valence-corrected chi connectivity index (χ2v) is 11.8. The molecule has 2 aliphatic rings. The summed E-state index contributed by atoms with van der Waals surface area (Å²) in [5, 5.41) is 12.8. The number of rotatable bonds is 11. The Kier molecular flexibility index (Phi) is 11.3. The molecule has 2 aromatic rings. The summed E-state index contributed by atoms with van der Waals surface area (Å²) in [6.07, 6.45) is 7.07. The van der Waals surface area contributed by atoms with E-state index < -0.39 is 12.1 Å². The highest BCUT2D eigenvalue weighted by Crippen LogP contribution is 2.28. The number of benzene rings is 1. The number of aryl methyl sites for hydroxylation is 1. The van der Waals surface area contributed by atoms with E-state index in [0.29, 0.717) is 42.9 Å². The summed E-state index contributed by atoms with van der Waals surface area (Å²) in [4.78, 5) is 56.6. The smallest absolute Gasteiger partial charge is 0.257 e. The fourth-order valence-corrected chi connectivity index (χ4v) is 5.97. The number of aromatic nitrogens is 1. The zero-order chi connectivity index (χ0) is 30.9. The van der Waals surface area contributed by atoms with E-state index in [2.05, 4.69) is 26.0 Å². The maximum atomic E-state index is 13.6. The van der Waals surface area contributed by atoms with E-state index in [1.165, 1.54) is 6.26 Å². The Morgan fingerprint density at radius 2 is 1.65 bits per heavy atom. The fraction of sp³-hybridized carbons (Fsp3) is 0.594. The number of amides is 4. The largest absolute Gasteiger partial charge is 0.364 e. The summed E-state index contributed by atoms with van der Waals surface area (Å²) in [6.45, 7) is 8.45. The van der Waals surface area contributed by atoms with E-state index >= 15 is 0 Å². The molecule has 1 aromatic heterocycles. The SMILES string of the molecule is CCC(=O)N[C@@H](C(=O)N1CCN(C)CC1)[C@@H](C)c1ccc(NC(=O)[C@@H](NC(=O)c2conc2CC)C2CCCCC2)cc1. The zero-order valence-electron chi connectivity index (χ0n) is 25.9. The third-order valence-electron chi connectivity index (χ3n) is 8.84. The number of piperazine rings is 1. The van der Waals surface area contributed by atoms with Crippen LogP contribution in [0, 0.1) is 5.92 Å². The van der Waals surface area contributed by atoms with Gasteiger partial charge in [-0.25, -0.2) is 0 Å². The fourth-order valence-electron chi connectivity index (χ4n) is 5.97. The highest BCUT2D eigenvalue weighted by Gasteiger charge is 2.34. The van der Waals surface area contributed by atoms with Crippen molar-refractivity contribution < 1.29 is 23.7 Å². The third-order valence-corrected chi connectivity index (χ3v) is 8.84. The minimum atomic E-state index is -0.694. The predicted molar refractivity (Wildman–Crippen MR) is 163 cm³/mol. The van der Waals surface area contributed by atoms with Gasteiger partial charge >= 0.3 is 0 Å². The molecule has 0 radical (unpaired) electrons. The van der Waals surface area contributed by atoms with Gasteiger partial charge in [0.15, 0.2) is 0 Å². The highest BCUT2D eigenvalue weighted by atomic mass is 16.5. The van der Waals surface area contributed by atoms with Gasteiger partial charge in [0, 0.05) is 44.2 Å². The van der Waals surface area contributed by atoms with Crippen LogP contribution >= 0.6 is 0 Å². The molecule has 11 nitrogen and oxygen atoms in total. The van der Waals surface area contributed by atoms with Crippen LogP contribution < -0.4 is 16.0 Å². The Morgan fingerprint density at radius 1 is 0.977 bits per heavy atom. The van der Waals surface area contributed by atoms with Crippen LogP contribution in [0.4, 0.5) is 5.69 Å². The van der Waals surface area contributed by atoms with E-state index in [4.69, 9.17) is 4.52 Å². The van der Waals surface area contributed by atoms with Crippen molar-refractivity contribution in [2.45, 2.75) is 83.7 Å². The molecule has 1 aliphatic heterocycles. The average molecular weight is 595 g/mol. The summed E-state index contributed by atoms with van der Waals surface area (Å²) in [5.41, 5.74) is 2.38. The molecule has 1 aliphatic carbocycles. The van der Waals surface area contributed by atoms with Gasteiger partial charge in [-0.15, -0.1) is 0 Å². The molecule has 0 spiro atoms. The normalized spacial score (nSPS) is 18.4. The van der Waals surface area contributed by atoms with Crippen LogP contribution in [0.15, 0.2) is 35.1 Å². The molecule has 1 aromatic carbocycles. The topological polar surface area (TPSA) is 137 Å². The van der Waals surface area contributed by atoms with Crippen LogP contribution in [0.1, 0.15) is 86.8 Å². The number of nitrogens with zero attached hydrogens (tertiary/aromatic N) is 3. The minimum absolute atomic E-state index is 0.0328. The van der Waals surface area contributed by atoms with Crippen molar-refractivity contribution in [2.24, 2.45) is 5.92 Å². The van der Waals surface area contributed by atoms with Crippen molar-refractivity contribution in [3.63, 3.8) is 0 Å². The van der Waals surface area contributed by atoms with Gasteiger partial charge < -0.3 is 30.3 Å². The molecule has 3 N–H and O–H groups in total. The van der Waals surface area contributed by atoms with Crippen molar-refractivity contribution in [3.05, 3.63) is 47.3 Å². The molecule has 4 rings (SSSR count). The Morgan fingerprint density at radius 3 is 2.28 bits per heavy atom. The second kappa shape index (κ2) is 15.1. The first-order valence-electron chi connectivity index (χ1n) is 15.6. The number of hydrogen-bond donors (Lipinski definition) is 3. The van der Waals surface area contributed by atoms with E-state index in [-0.39, 0.29) is 35.5 Å². The molecule has 2 fully saturated rings. The zero-order valence-corrected chi connectivity index (χ0v) is 25.9. The molecule has 1 saturated heterocycles. The van der Waals surface area contributed by atoms with Gasteiger partial charge in [0.05, 0.1) is 5.69 Å². The van der Waals surface area contributed by atoms with E-state index in [1.54, 1.807) is 19.1 Å². The van der Waals surface area contributed by atoms with Gasteiger partial charge in [0.2, 0.25) is 17.7 Å². The van der Waals surface area contributed by atoms with Crippen molar-refractivity contribution in [1.82, 2.24) is 25.6 Å². The number of hydrogen-bond acceptors (Lipinski definition) is 7. The minimum Gasteiger partial charge on any atom is -0.364 e. The van der Waals surface area contributed by atoms with Crippen molar-refractivity contribution in [1.29, 1.82) is 0 Å². The van der Waals surface area contributed by atoms with Crippen LogP contribution in [0.5, 0.6) is 0 Å². The van der Waals surface area contributed by atoms with E-state index in [1.807, 2.05) is 37.9 Å². The molecular formula is C32H46N6O5. The maximum Gasteiger partial charge on any atom is 0.257 e. The third kappa shape index (κ3) is 8.22. The van der Waals surface area contributed by atoms with Crippen LogP contribution in [0.25, 0.3) is 0 Å². The number of carbonyl (C=O) groups excluding carboxylic acids is 4. The molecule has 2 heterocycles. The van der Waals surface area contributed by atoms with Crippen molar-refractivity contribution in [3.8, 4) is 0 Å². The standard InChI is InChI=1S/C32H46N6O5/c1-5-26-25(20-43-36-26)30(40)35-29(23-10-8-7-9-11-23)31(41)33-24-14-12-22(13-15-24)21(3)28(34-27(39)6-2)32(42)38-18-16-37(4)17-19-38/h12-15,20-21,23,28-29H,5-11,16-19H2,1-4H3,(H,33,41)(H,34,39)(H,35,40)/t21-,28+,29-/m0/s1. The van der Waals surface area contributed by atoms with Crippen LogP contribution in [0.2, 0.25) is 0 Å². The summed E-state index contributed by atoms with van der Waals surface area (Å²) in [6, 6.07) is 5.98. The number of carbonyl (C=O) groups is 4.